The van der Waals surface area contributed by atoms with Gasteiger partial charge in [0.15, 0.2) is 22.8 Å². The van der Waals surface area contributed by atoms with Gasteiger partial charge in [0.25, 0.3) is 0 Å². The number of carbonyl (C=O) groups is 3. The number of benzene rings is 1. The molecule has 3 aliphatic carbocycles. The second kappa shape index (κ2) is 9.29. The highest BCUT2D eigenvalue weighted by Gasteiger charge is 2.85. The highest BCUT2D eigenvalue weighted by molar-refractivity contribution is 6.10. The van der Waals surface area contributed by atoms with Crippen LogP contribution in [0.2, 0.25) is 0 Å². The van der Waals surface area contributed by atoms with Crippen LogP contribution in [0.1, 0.15) is 82.8 Å². The minimum Gasteiger partial charge on any atom is -0.506 e. The first kappa shape index (κ1) is 29.6. The van der Waals surface area contributed by atoms with Crippen LogP contribution in [0, 0.1) is 17.8 Å². The Balaban J connectivity index is 1.68. The number of ether oxygens (including phenoxy) is 4. The first-order chi connectivity index (χ1) is 20.0. The number of phenols is 1. The summed E-state index contributed by atoms with van der Waals surface area (Å²) < 4.78 is 26.2. The zero-order chi connectivity index (χ0) is 31.4. The maximum atomic E-state index is 14.9. The van der Waals surface area contributed by atoms with Crippen LogP contribution in [0.15, 0.2) is 29.4 Å². The van der Waals surface area contributed by atoms with Crippen LogP contribution in [0.3, 0.4) is 0 Å². The molecule has 9 nitrogen and oxygen atoms in total. The Labute approximate surface area is 251 Å². The summed E-state index contributed by atoms with van der Waals surface area (Å²) in [6.07, 6.45) is 6.97. The molecule has 0 amide bonds. The number of carboxylic acid groups (broad SMARTS) is 1. The van der Waals surface area contributed by atoms with E-state index in [4.69, 9.17) is 18.9 Å². The third-order valence-corrected chi connectivity index (χ3v) is 10.2. The van der Waals surface area contributed by atoms with Crippen molar-refractivity contribution in [3.05, 3.63) is 46.1 Å². The summed E-state index contributed by atoms with van der Waals surface area (Å²) in [6.45, 7) is 13.0. The number of methoxy groups -OCH3 is 1. The molecule has 4 bridgehead atoms. The lowest BCUT2D eigenvalue weighted by molar-refractivity contribution is -0.224. The number of phenolic OH excluding ortho intramolecular Hbond substituents is 1. The van der Waals surface area contributed by atoms with E-state index in [1.54, 1.807) is 6.08 Å². The van der Waals surface area contributed by atoms with Crippen molar-refractivity contribution >= 4 is 23.6 Å². The molecule has 1 aromatic rings. The minimum atomic E-state index is -1.65. The van der Waals surface area contributed by atoms with Crippen molar-refractivity contribution in [2.24, 2.45) is 17.8 Å². The molecule has 7 rings (SSSR count). The van der Waals surface area contributed by atoms with Crippen LogP contribution in [0.5, 0.6) is 17.2 Å². The predicted molar refractivity (Wildman–Crippen MR) is 157 cm³/mol. The van der Waals surface area contributed by atoms with Gasteiger partial charge in [-0.2, -0.15) is 0 Å². The number of Topliss-reactive ketones (excluding diaryl/α,β-unsaturated/α-hetero) is 2. The van der Waals surface area contributed by atoms with E-state index >= 15 is 0 Å². The highest BCUT2D eigenvalue weighted by Crippen LogP contribution is 2.70. The Bertz CT molecular complexity index is 1560. The minimum absolute atomic E-state index is 0.0474. The van der Waals surface area contributed by atoms with E-state index in [2.05, 4.69) is 0 Å². The van der Waals surface area contributed by atoms with Crippen molar-refractivity contribution in [3.8, 4) is 17.2 Å². The van der Waals surface area contributed by atoms with Gasteiger partial charge in [0.2, 0.25) is 0 Å². The Hall–Kier alpha value is -3.43. The molecule has 6 aliphatic rings. The summed E-state index contributed by atoms with van der Waals surface area (Å²) in [5, 5.41) is 21.3. The fraction of sp³-hybridized carbons (Fsp3) is 0.559. The number of allylic oxidation sites excluding steroid dienone is 2. The molecule has 0 unspecified atom stereocenters. The highest BCUT2D eigenvalue weighted by atomic mass is 16.6. The van der Waals surface area contributed by atoms with Crippen LogP contribution in [-0.2, 0) is 25.5 Å². The first-order valence-electron chi connectivity index (χ1n) is 14.9. The number of fused-ring (bicyclic) bond motifs is 2. The largest absolute Gasteiger partial charge is 0.506 e. The smallest absolute Gasteiger partial charge is 0.330 e. The van der Waals surface area contributed by atoms with E-state index in [9.17, 15) is 24.6 Å². The monoisotopic (exact) mass is 592 g/mol. The van der Waals surface area contributed by atoms with Gasteiger partial charge in [-0.25, -0.2) is 4.79 Å². The van der Waals surface area contributed by atoms with Crippen LogP contribution >= 0.6 is 0 Å². The molecule has 3 saturated carbocycles. The lowest BCUT2D eigenvalue weighted by atomic mass is 9.45. The number of carboxylic acids is 1. The van der Waals surface area contributed by atoms with Gasteiger partial charge in [-0.3, -0.25) is 9.59 Å². The molecule has 2 N–H and O–H groups in total. The van der Waals surface area contributed by atoms with Gasteiger partial charge in [-0.1, -0.05) is 17.7 Å². The van der Waals surface area contributed by atoms with E-state index in [-0.39, 0.29) is 40.6 Å². The summed E-state index contributed by atoms with van der Waals surface area (Å²) in [5.41, 5.74) is -2.57. The first-order valence-corrected chi connectivity index (χ1v) is 14.9. The van der Waals surface area contributed by atoms with Gasteiger partial charge in [0.1, 0.15) is 28.4 Å². The third-order valence-electron chi connectivity index (χ3n) is 10.2. The molecule has 0 radical (unpaired) electrons. The fourth-order valence-corrected chi connectivity index (χ4v) is 8.31. The molecule has 3 heterocycles. The zero-order valence-corrected chi connectivity index (χ0v) is 26.0. The van der Waals surface area contributed by atoms with Crippen molar-refractivity contribution in [2.45, 2.75) is 96.2 Å². The zero-order valence-electron chi connectivity index (χ0n) is 26.0. The van der Waals surface area contributed by atoms with E-state index in [0.29, 0.717) is 29.7 Å². The number of aromatic hydroxyl groups is 1. The van der Waals surface area contributed by atoms with Crippen LogP contribution < -0.4 is 9.47 Å². The Kier molecular flexibility index (Phi) is 6.40. The molecule has 1 spiro atoms. The lowest BCUT2D eigenvalue weighted by Gasteiger charge is -2.62. The molecule has 9 heteroatoms. The molecule has 3 aliphatic heterocycles. The maximum Gasteiger partial charge on any atom is 0.330 e. The Morgan fingerprint density at radius 2 is 1.79 bits per heavy atom. The average Bonchev–Trinajstić information content (AvgIpc) is 3.06. The van der Waals surface area contributed by atoms with Crippen LogP contribution in [0.25, 0.3) is 6.08 Å². The maximum absolute atomic E-state index is 14.9. The molecule has 1 aromatic carbocycles. The number of carbonyl (C=O) groups excluding carboxylic acids is 2. The predicted octanol–water partition coefficient (Wildman–Crippen LogP) is 5.22. The van der Waals surface area contributed by atoms with Gasteiger partial charge in [0.05, 0.1) is 23.2 Å². The second-order valence-electron chi connectivity index (χ2n) is 13.9. The average molecular weight is 593 g/mol. The van der Waals surface area contributed by atoms with Gasteiger partial charge in [-0.05, 0) is 73.5 Å². The van der Waals surface area contributed by atoms with Gasteiger partial charge in [0, 0.05) is 36.5 Å². The lowest BCUT2D eigenvalue weighted by Crippen LogP contribution is -2.80. The van der Waals surface area contributed by atoms with E-state index in [1.807, 2.05) is 53.7 Å². The van der Waals surface area contributed by atoms with E-state index in [0.717, 1.165) is 5.57 Å². The van der Waals surface area contributed by atoms with E-state index < -0.39 is 52.2 Å². The number of aliphatic carboxylic acids is 1. The molecule has 6 atom stereocenters. The van der Waals surface area contributed by atoms with Gasteiger partial charge >= 0.3 is 5.97 Å². The SMILES string of the molecule is CO[C@H]1[C@H]2C(=O)c3c(O)c4c(c(CC=C(C)C)c3O[C@@]23[C@@H]2C[C@H]1C(=O)[C@]3(C/C=C(/C)C(=O)O)OC2(C)C)OC(C)(C)C=C4. The molecule has 230 valence electrons. The molecule has 4 fully saturated rings. The Morgan fingerprint density at radius 1 is 1.09 bits per heavy atom. The summed E-state index contributed by atoms with van der Waals surface area (Å²) in [7, 11) is 1.48. The van der Waals surface area contributed by atoms with Crippen molar-refractivity contribution in [3.63, 3.8) is 0 Å². The molecule has 1 saturated heterocycles. The molecule has 0 aromatic heterocycles. The van der Waals surface area contributed by atoms with Crippen LogP contribution in [-0.4, -0.2) is 63.4 Å². The topological polar surface area (TPSA) is 129 Å². The van der Waals surface area contributed by atoms with E-state index in [1.165, 1.54) is 20.1 Å². The number of hydrogen-bond donors (Lipinski definition) is 2. The Morgan fingerprint density at radius 3 is 2.42 bits per heavy atom. The van der Waals surface area contributed by atoms with Gasteiger partial charge < -0.3 is 29.2 Å². The molecule has 43 heavy (non-hydrogen) atoms. The van der Waals surface area contributed by atoms with Gasteiger partial charge in [-0.15, -0.1) is 0 Å². The summed E-state index contributed by atoms with van der Waals surface area (Å²) >= 11 is 0. The normalized spacial score (nSPS) is 34.1. The van der Waals surface area contributed by atoms with Crippen molar-refractivity contribution in [1.29, 1.82) is 0 Å². The number of hydrogen-bond acceptors (Lipinski definition) is 8. The fourth-order valence-electron chi connectivity index (χ4n) is 8.31. The summed E-state index contributed by atoms with van der Waals surface area (Å²) in [6, 6.07) is 0. The van der Waals surface area contributed by atoms with Crippen LogP contribution in [0.4, 0.5) is 0 Å². The standard InChI is InChI=1S/C34H40O9/c1-16(2)9-10-19-26-18(12-13-31(4,5)41-26)24(35)22-25(36)23-28(40-8)20-15-21-32(6,7)43-33(29(20)37,14-11-17(3)30(38)39)34(21,23)42-27(19)22/h9,11-13,20-21,23,28,35H,10,14-15H2,1-8H3,(H,38,39)/b17-11-/t20-,21-,23-,28-,33+,34+/m1/s1. The van der Waals surface area contributed by atoms with Crippen molar-refractivity contribution < 1.29 is 43.5 Å². The summed E-state index contributed by atoms with van der Waals surface area (Å²) in [4.78, 5) is 41.2. The second-order valence-corrected chi connectivity index (χ2v) is 13.9. The summed E-state index contributed by atoms with van der Waals surface area (Å²) in [5.74, 6) is -3.41. The number of ketones is 2. The van der Waals surface area contributed by atoms with Crippen molar-refractivity contribution in [1.82, 2.24) is 0 Å². The molecular formula is C34H40O9. The van der Waals surface area contributed by atoms with Crippen molar-refractivity contribution in [2.75, 3.05) is 7.11 Å². The quantitative estimate of drug-likeness (QED) is 0.338. The third kappa shape index (κ3) is 3.80. The molecular weight excluding hydrogens is 552 g/mol. The number of rotatable bonds is 6.